The minimum Gasteiger partial charge on any atom is -0.337 e. The van der Waals surface area contributed by atoms with Crippen molar-refractivity contribution in [3.63, 3.8) is 0 Å². The lowest BCUT2D eigenvalue weighted by atomic mass is 9.92. The molecular formula is C15H28ClN3O2. The van der Waals surface area contributed by atoms with Crippen LogP contribution >= 0.6 is 12.4 Å². The maximum Gasteiger partial charge on any atom is 0.242 e. The van der Waals surface area contributed by atoms with Crippen LogP contribution in [0.15, 0.2) is 0 Å². The van der Waals surface area contributed by atoms with Gasteiger partial charge in [0.25, 0.3) is 0 Å². The van der Waals surface area contributed by atoms with Gasteiger partial charge in [-0.3, -0.25) is 9.59 Å². The van der Waals surface area contributed by atoms with Gasteiger partial charge in [0.05, 0.1) is 6.54 Å². The Morgan fingerprint density at radius 1 is 1.29 bits per heavy atom. The topological polar surface area (TPSA) is 66.6 Å². The van der Waals surface area contributed by atoms with Crippen molar-refractivity contribution in [1.29, 1.82) is 0 Å². The van der Waals surface area contributed by atoms with Crippen LogP contribution in [0, 0.1) is 5.92 Å². The average Bonchev–Trinajstić information content (AvgIpc) is 2.64. The van der Waals surface area contributed by atoms with Crippen LogP contribution in [0.5, 0.6) is 0 Å². The Morgan fingerprint density at radius 3 is 2.76 bits per heavy atom. The van der Waals surface area contributed by atoms with Crippen LogP contribution in [0.2, 0.25) is 0 Å². The van der Waals surface area contributed by atoms with Crippen molar-refractivity contribution in [3.8, 4) is 0 Å². The summed E-state index contributed by atoms with van der Waals surface area (Å²) >= 11 is 0. The van der Waals surface area contributed by atoms with Gasteiger partial charge in [-0.15, -0.1) is 12.4 Å². The average molecular weight is 318 g/mol. The number of carbonyl (C=O) groups is 2. The number of hydrogen-bond acceptors (Lipinski definition) is 3. The number of nitrogens with zero attached hydrogens (tertiary/aromatic N) is 2. The number of likely N-dealkylation sites (tertiary alicyclic amines) is 2. The summed E-state index contributed by atoms with van der Waals surface area (Å²) in [4.78, 5) is 28.1. The molecule has 2 aliphatic heterocycles. The number of rotatable bonds is 3. The smallest absolute Gasteiger partial charge is 0.242 e. The molecule has 2 aliphatic rings. The highest BCUT2D eigenvalue weighted by Gasteiger charge is 2.30. The molecule has 2 fully saturated rings. The molecule has 2 N–H and O–H groups in total. The van der Waals surface area contributed by atoms with E-state index in [1.807, 2.05) is 4.90 Å². The fraction of sp³-hybridized carbons (Fsp3) is 0.867. The summed E-state index contributed by atoms with van der Waals surface area (Å²) < 4.78 is 0. The highest BCUT2D eigenvalue weighted by atomic mass is 35.5. The first kappa shape index (κ1) is 18.2. The zero-order valence-electron chi connectivity index (χ0n) is 12.9. The summed E-state index contributed by atoms with van der Waals surface area (Å²) in [6.07, 6.45) is 5.66. The van der Waals surface area contributed by atoms with Gasteiger partial charge in [0.15, 0.2) is 0 Å². The first-order chi connectivity index (χ1) is 9.61. The van der Waals surface area contributed by atoms with Gasteiger partial charge < -0.3 is 15.5 Å². The molecule has 5 nitrogen and oxygen atoms in total. The van der Waals surface area contributed by atoms with Crippen LogP contribution in [0.3, 0.4) is 0 Å². The fourth-order valence-electron chi connectivity index (χ4n) is 3.26. The molecule has 2 unspecified atom stereocenters. The van der Waals surface area contributed by atoms with Crippen molar-refractivity contribution >= 4 is 24.2 Å². The van der Waals surface area contributed by atoms with Gasteiger partial charge in [0, 0.05) is 32.1 Å². The molecule has 0 aromatic carbocycles. The Morgan fingerprint density at radius 2 is 2.05 bits per heavy atom. The van der Waals surface area contributed by atoms with E-state index in [0.717, 1.165) is 45.2 Å². The van der Waals surface area contributed by atoms with Crippen molar-refractivity contribution in [3.05, 3.63) is 0 Å². The Kier molecular flexibility index (Phi) is 7.46. The molecule has 0 radical (unpaired) electrons. The molecule has 21 heavy (non-hydrogen) atoms. The molecule has 0 aliphatic carbocycles. The molecule has 2 amide bonds. The lowest BCUT2D eigenvalue weighted by Gasteiger charge is -2.39. The van der Waals surface area contributed by atoms with Crippen molar-refractivity contribution in [1.82, 2.24) is 9.80 Å². The molecule has 0 spiro atoms. The predicted octanol–water partition coefficient (Wildman–Crippen LogP) is 1.40. The van der Waals surface area contributed by atoms with E-state index < -0.39 is 0 Å². The van der Waals surface area contributed by atoms with E-state index in [9.17, 15) is 9.59 Å². The second kappa shape index (κ2) is 8.59. The third kappa shape index (κ3) is 4.85. The summed E-state index contributed by atoms with van der Waals surface area (Å²) in [6.45, 7) is 4.47. The van der Waals surface area contributed by atoms with Gasteiger partial charge in [-0.1, -0.05) is 13.3 Å². The monoisotopic (exact) mass is 317 g/mol. The maximum atomic E-state index is 12.5. The minimum atomic E-state index is 0. The third-order valence-electron chi connectivity index (χ3n) is 4.57. The second-order valence-electron chi connectivity index (χ2n) is 6.23. The second-order valence-corrected chi connectivity index (χ2v) is 6.23. The highest BCUT2D eigenvalue weighted by molar-refractivity contribution is 5.85. The normalized spacial score (nSPS) is 27.0. The third-order valence-corrected chi connectivity index (χ3v) is 4.57. The van der Waals surface area contributed by atoms with Crippen molar-refractivity contribution in [2.24, 2.45) is 11.7 Å². The summed E-state index contributed by atoms with van der Waals surface area (Å²) in [5.74, 6) is 0.834. The molecule has 122 valence electrons. The Hall–Kier alpha value is -0.810. The van der Waals surface area contributed by atoms with E-state index in [2.05, 4.69) is 6.92 Å². The number of piperidine rings is 1. The molecular weight excluding hydrogens is 290 g/mol. The van der Waals surface area contributed by atoms with E-state index in [1.165, 1.54) is 0 Å². The molecule has 0 aromatic rings. The Labute approximate surface area is 133 Å². The first-order valence-electron chi connectivity index (χ1n) is 7.89. The summed E-state index contributed by atoms with van der Waals surface area (Å²) in [6, 6.07) is 0.147. The van der Waals surface area contributed by atoms with Crippen LogP contribution in [0.1, 0.15) is 45.4 Å². The lowest BCUT2D eigenvalue weighted by molar-refractivity contribution is -0.142. The maximum absolute atomic E-state index is 12.5. The summed E-state index contributed by atoms with van der Waals surface area (Å²) in [5, 5.41) is 0. The molecule has 2 saturated heterocycles. The number of nitrogens with two attached hydrogens (primary N) is 1. The number of halogens is 1. The van der Waals surface area contributed by atoms with Gasteiger partial charge in [-0.2, -0.15) is 0 Å². The molecule has 2 rings (SSSR count). The van der Waals surface area contributed by atoms with Gasteiger partial charge in [-0.05, 0) is 31.6 Å². The molecule has 0 bridgehead atoms. The SMILES string of the molecule is CC1CCN(C(=O)CN2CCCCCC2=O)C(CN)C1.Cl. The summed E-state index contributed by atoms with van der Waals surface area (Å²) in [7, 11) is 0. The number of amides is 2. The standard InChI is InChI=1S/C15H27N3O2.ClH/c1-12-6-8-18(13(9-12)10-16)15(20)11-17-7-4-2-3-5-14(17)19;/h12-13H,2-11,16H2,1H3;1H. The van der Waals surface area contributed by atoms with Crippen LogP contribution in [-0.4, -0.2) is 53.8 Å². The summed E-state index contributed by atoms with van der Waals surface area (Å²) in [5.41, 5.74) is 5.80. The molecule has 2 heterocycles. The van der Waals surface area contributed by atoms with E-state index in [1.54, 1.807) is 4.90 Å². The van der Waals surface area contributed by atoms with Gasteiger partial charge in [-0.25, -0.2) is 0 Å². The first-order valence-corrected chi connectivity index (χ1v) is 7.89. The van der Waals surface area contributed by atoms with E-state index in [-0.39, 0.29) is 36.8 Å². The van der Waals surface area contributed by atoms with Gasteiger partial charge in [0.2, 0.25) is 11.8 Å². The van der Waals surface area contributed by atoms with E-state index >= 15 is 0 Å². The van der Waals surface area contributed by atoms with E-state index in [4.69, 9.17) is 5.73 Å². The van der Waals surface area contributed by atoms with Crippen molar-refractivity contribution < 1.29 is 9.59 Å². The van der Waals surface area contributed by atoms with Crippen LogP contribution in [0.25, 0.3) is 0 Å². The zero-order valence-corrected chi connectivity index (χ0v) is 13.7. The fourth-order valence-corrected chi connectivity index (χ4v) is 3.26. The van der Waals surface area contributed by atoms with E-state index in [0.29, 0.717) is 18.9 Å². The van der Waals surface area contributed by atoms with Crippen molar-refractivity contribution in [2.75, 3.05) is 26.2 Å². The van der Waals surface area contributed by atoms with Crippen LogP contribution in [-0.2, 0) is 9.59 Å². The lowest BCUT2D eigenvalue weighted by Crippen LogP contribution is -2.52. The van der Waals surface area contributed by atoms with Crippen molar-refractivity contribution in [2.45, 2.75) is 51.5 Å². The zero-order chi connectivity index (χ0) is 14.5. The van der Waals surface area contributed by atoms with Gasteiger partial charge >= 0.3 is 0 Å². The Bertz CT molecular complexity index is 365. The molecule has 0 saturated carbocycles. The van der Waals surface area contributed by atoms with Crippen LogP contribution < -0.4 is 5.73 Å². The number of carbonyl (C=O) groups excluding carboxylic acids is 2. The molecule has 0 aromatic heterocycles. The minimum absolute atomic E-state index is 0. The quantitative estimate of drug-likeness (QED) is 0.855. The Balaban J connectivity index is 0.00000220. The van der Waals surface area contributed by atoms with Crippen LogP contribution in [0.4, 0.5) is 0 Å². The molecule has 2 atom stereocenters. The number of hydrogen-bond donors (Lipinski definition) is 1. The highest BCUT2D eigenvalue weighted by Crippen LogP contribution is 2.22. The molecule has 6 heteroatoms. The van der Waals surface area contributed by atoms with Gasteiger partial charge in [0.1, 0.15) is 0 Å². The largest absolute Gasteiger partial charge is 0.337 e. The predicted molar refractivity (Wildman–Crippen MR) is 85.2 cm³/mol.